The minimum Gasteiger partial charge on any atom is -0.325 e. The van der Waals surface area contributed by atoms with E-state index < -0.39 is 0 Å². The lowest BCUT2D eigenvalue weighted by Gasteiger charge is -2.29. The van der Waals surface area contributed by atoms with Gasteiger partial charge in [-0.2, -0.15) is 12.6 Å². The third-order valence-electron chi connectivity index (χ3n) is 2.50. The van der Waals surface area contributed by atoms with Gasteiger partial charge in [-0.3, -0.25) is 9.59 Å². The molecule has 0 saturated heterocycles. The zero-order valence-electron chi connectivity index (χ0n) is 10.3. The third kappa shape index (κ3) is 3.40. The Morgan fingerprint density at radius 2 is 2.33 bits per heavy atom. The first-order valence-corrected chi connectivity index (χ1v) is 6.11. The van der Waals surface area contributed by atoms with E-state index in [0.717, 1.165) is 0 Å². The second-order valence-corrected chi connectivity index (χ2v) is 4.28. The number of nitrogens with one attached hydrogen (secondary N) is 1. The molecule has 1 N–H and O–H groups in total. The zero-order chi connectivity index (χ0) is 13.7. The van der Waals surface area contributed by atoms with Crippen LogP contribution in [0.5, 0.6) is 0 Å². The summed E-state index contributed by atoms with van der Waals surface area (Å²) in [5.74, 6) is 0.637. The van der Waals surface area contributed by atoms with Crippen molar-refractivity contribution in [3.63, 3.8) is 0 Å². The highest BCUT2D eigenvalue weighted by molar-refractivity contribution is 7.80. The zero-order valence-corrected chi connectivity index (χ0v) is 11.2. The molecule has 0 bridgehead atoms. The summed E-state index contributed by atoms with van der Waals surface area (Å²) >= 11 is 4.08. The normalized spacial score (nSPS) is 15.0. The number of amides is 2. The fourth-order valence-corrected chi connectivity index (χ4v) is 1.69. The molecule has 0 aromatic heterocycles. The van der Waals surface area contributed by atoms with Crippen LogP contribution >= 0.6 is 12.6 Å². The molecular formula is C12H17N3O2S. The van der Waals surface area contributed by atoms with Crippen molar-refractivity contribution < 1.29 is 9.59 Å². The van der Waals surface area contributed by atoms with Gasteiger partial charge < -0.3 is 15.1 Å². The van der Waals surface area contributed by atoms with Gasteiger partial charge in [-0.25, -0.2) is 0 Å². The molecule has 18 heavy (non-hydrogen) atoms. The van der Waals surface area contributed by atoms with Crippen LogP contribution in [0.2, 0.25) is 0 Å². The third-order valence-corrected chi connectivity index (χ3v) is 2.70. The van der Waals surface area contributed by atoms with E-state index in [0.29, 0.717) is 23.7 Å². The first-order valence-electron chi connectivity index (χ1n) is 5.47. The summed E-state index contributed by atoms with van der Waals surface area (Å²) in [6, 6.07) is 0. The molecule has 0 aliphatic carbocycles. The van der Waals surface area contributed by atoms with Crippen molar-refractivity contribution in [3.05, 3.63) is 37.0 Å². The minimum atomic E-state index is -0.195. The first kappa shape index (κ1) is 14.4. The van der Waals surface area contributed by atoms with Crippen LogP contribution in [0.25, 0.3) is 0 Å². The van der Waals surface area contributed by atoms with Crippen molar-refractivity contribution in [3.8, 4) is 0 Å². The molecule has 1 rings (SSSR count). The van der Waals surface area contributed by atoms with Crippen LogP contribution in [0.3, 0.4) is 0 Å². The van der Waals surface area contributed by atoms with Crippen LogP contribution in [0, 0.1) is 0 Å². The fourth-order valence-electron chi connectivity index (χ4n) is 1.47. The van der Waals surface area contributed by atoms with Gasteiger partial charge in [-0.1, -0.05) is 13.2 Å². The van der Waals surface area contributed by atoms with Crippen LogP contribution in [-0.2, 0) is 9.59 Å². The maximum atomic E-state index is 12.0. The largest absolute Gasteiger partial charge is 0.325 e. The van der Waals surface area contributed by atoms with Crippen molar-refractivity contribution in [1.82, 2.24) is 15.1 Å². The summed E-state index contributed by atoms with van der Waals surface area (Å²) < 4.78 is 0. The Morgan fingerprint density at radius 1 is 1.67 bits per heavy atom. The van der Waals surface area contributed by atoms with Gasteiger partial charge in [0.1, 0.15) is 12.4 Å². The smallest absolute Gasteiger partial charge is 0.253 e. The lowest BCUT2D eigenvalue weighted by atomic mass is 10.2. The van der Waals surface area contributed by atoms with E-state index in [-0.39, 0.29) is 18.4 Å². The predicted octanol–water partition coefficient (Wildman–Crippen LogP) is 0.695. The number of hydrogen-bond acceptors (Lipinski definition) is 4. The highest BCUT2D eigenvalue weighted by atomic mass is 32.1. The van der Waals surface area contributed by atoms with Gasteiger partial charge >= 0.3 is 0 Å². The molecule has 5 nitrogen and oxygen atoms in total. The average molecular weight is 267 g/mol. The molecule has 1 heterocycles. The van der Waals surface area contributed by atoms with Crippen LogP contribution in [0.1, 0.15) is 6.92 Å². The number of rotatable bonds is 5. The molecule has 6 heteroatoms. The summed E-state index contributed by atoms with van der Waals surface area (Å²) in [7, 11) is 0. The minimum absolute atomic E-state index is 0.107. The van der Waals surface area contributed by atoms with Crippen LogP contribution in [-0.4, -0.2) is 40.5 Å². The van der Waals surface area contributed by atoms with Gasteiger partial charge in [-0.05, 0) is 13.1 Å². The highest BCUT2D eigenvalue weighted by Gasteiger charge is 2.21. The fraction of sp³-hybridized carbons (Fsp3) is 0.333. The Morgan fingerprint density at radius 3 is 2.89 bits per heavy atom. The van der Waals surface area contributed by atoms with Crippen LogP contribution < -0.4 is 5.32 Å². The van der Waals surface area contributed by atoms with E-state index in [2.05, 4.69) is 31.1 Å². The van der Waals surface area contributed by atoms with E-state index in [9.17, 15) is 9.59 Å². The second-order valence-electron chi connectivity index (χ2n) is 3.83. The lowest BCUT2D eigenvalue weighted by molar-refractivity contribution is -0.129. The predicted molar refractivity (Wildman–Crippen MR) is 73.5 cm³/mol. The average Bonchev–Trinajstić information content (AvgIpc) is 2.32. The van der Waals surface area contributed by atoms with E-state index in [4.69, 9.17) is 0 Å². The summed E-state index contributed by atoms with van der Waals surface area (Å²) in [5, 5.41) is 2.59. The molecule has 98 valence electrons. The Bertz CT molecular complexity index is 418. The maximum absolute atomic E-state index is 12.0. The lowest BCUT2D eigenvalue weighted by Crippen LogP contribution is -2.42. The van der Waals surface area contributed by atoms with E-state index >= 15 is 0 Å². The number of hydrogen-bond donors (Lipinski definition) is 2. The molecule has 1 aliphatic rings. The van der Waals surface area contributed by atoms with Gasteiger partial charge in [0.05, 0.1) is 0 Å². The van der Waals surface area contributed by atoms with Gasteiger partial charge in [-0.15, -0.1) is 0 Å². The summed E-state index contributed by atoms with van der Waals surface area (Å²) in [6.07, 6.45) is 3.08. The number of nitrogens with zero attached hydrogens (tertiary/aromatic N) is 2. The Balaban J connectivity index is 2.72. The SMILES string of the molecule is C=CN(CCS)C(=O)CN1C=C(C)C(=O)NC1=C. The number of thiol groups is 1. The quantitative estimate of drug-likeness (QED) is 0.721. The van der Waals surface area contributed by atoms with E-state index in [1.807, 2.05) is 0 Å². The molecule has 0 aromatic carbocycles. The maximum Gasteiger partial charge on any atom is 0.253 e. The number of carbonyl (C=O) groups excluding carboxylic acids is 2. The van der Waals surface area contributed by atoms with Crippen LogP contribution in [0.4, 0.5) is 0 Å². The molecular weight excluding hydrogens is 250 g/mol. The molecule has 0 aromatic rings. The Kier molecular flexibility index (Phi) is 5.03. The van der Waals surface area contributed by atoms with Crippen molar-refractivity contribution in [2.45, 2.75) is 6.92 Å². The van der Waals surface area contributed by atoms with E-state index in [1.165, 1.54) is 11.1 Å². The monoisotopic (exact) mass is 267 g/mol. The van der Waals surface area contributed by atoms with Crippen molar-refractivity contribution in [2.24, 2.45) is 0 Å². The molecule has 0 fully saturated rings. The van der Waals surface area contributed by atoms with Crippen molar-refractivity contribution in [2.75, 3.05) is 18.8 Å². The molecule has 0 saturated carbocycles. The van der Waals surface area contributed by atoms with Gasteiger partial charge in [0.2, 0.25) is 5.91 Å². The number of carbonyl (C=O) groups is 2. The topological polar surface area (TPSA) is 52.7 Å². The standard InChI is InChI=1S/C12H17N3O2S/c1-4-14(5-6-18)11(16)8-15-7-9(2)12(17)13-10(15)3/h4,7,18H,1,3,5-6,8H2,2H3,(H,13,17). The molecule has 1 aliphatic heterocycles. The highest BCUT2D eigenvalue weighted by Crippen LogP contribution is 2.11. The molecule has 0 atom stereocenters. The Labute approximate surface area is 112 Å². The molecule has 0 unspecified atom stereocenters. The second kappa shape index (κ2) is 6.30. The van der Waals surface area contributed by atoms with Gasteiger partial charge in [0.15, 0.2) is 0 Å². The molecule has 0 spiro atoms. The van der Waals surface area contributed by atoms with Crippen molar-refractivity contribution in [1.29, 1.82) is 0 Å². The summed E-state index contributed by atoms with van der Waals surface area (Å²) in [5.41, 5.74) is 0.537. The molecule has 0 radical (unpaired) electrons. The Hall–Kier alpha value is -1.69. The first-order chi connectivity index (χ1) is 8.49. The van der Waals surface area contributed by atoms with Gasteiger partial charge in [0.25, 0.3) is 5.91 Å². The van der Waals surface area contributed by atoms with E-state index in [1.54, 1.807) is 18.0 Å². The van der Waals surface area contributed by atoms with Gasteiger partial charge in [0, 0.05) is 24.1 Å². The summed E-state index contributed by atoms with van der Waals surface area (Å²) in [6.45, 7) is 9.57. The van der Waals surface area contributed by atoms with Crippen molar-refractivity contribution >= 4 is 24.4 Å². The summed E-state index contributed by atoms with van der Waals surface area (Å²) in [4.78, 5) is 26.4. The van der Waals surface area contributed by atoms with Crippen LogP contribution in [0.15, 0.2) is 37.0 Å². The molecule has 2 amide bonds.